The highest BCUT2D eigenvalue weighted by Crippen LogP contribution is 2.36. The maximum Gasteiger partial charge on any atom is 0.498 e. The van der Waals surface area contributed by atoms with Gasteiger partial charge >= 0.3 is 7.12 Å². The first-order valence-electron chi connectivity index (χ1n) is 11.0. The third kappa shape index (κ3) is 4.46. The van der Waals surface area contributed by atoms with E-state index in [9.17, 15) is 4.79 Å². The Morgan fingerprint density at radius 2 is 1.83 bits per heavy atom. The molecule has 9 heteroatoms. The summed E-state index contributed by atoms with van der Waals surface area (Å²) in [5.74, 6) is 1.25. The van der Waals surface area contributed by atoms with E-state index >= 15 is 0 Å². The van der Waals surface area contributed by atoms with Crippen molar-refractivity contribution >= 4 is 36.0 Å². The van der Waals surface area contributed by atoms with Gasteiger partial charge < -0.3 is 19.1 Å². The third-order valence-electron chi connectivity index (χ3n) is 6.87. The number of halogens is 1. The number of rotatable bonds is 6. The normalized spacial score (nSPS) is 25.4. The van der Waals surface area contributed by atoms with Crippen molar-refractivity contribution in [3.8, 4) is 0 Å². The van der Waals surface area contributed by atoms with Gasteiger partial charge in [0, 0.05) is 43.5 Å². The van der Waals surface area contributed by atoms with Crippen molar-refractivity contribution in [2.75, 3.05) is 30.4 Å². The molecule has 3 heterocycles. The lowest BCUT2D eigenvalue weighted by Gasteiger charge is -2.35. The highest BCUT2D eigenvalue weighted by atomic mass is 35.5. The molecule has 1 aromatic heterocycles. The van der Waals surface area contributed by atoms with Crippen LogP contribution in [0.15, 0.2) is 12.4 Å². The molecular formula is C21H32BClN4O3. The quantitative estimate of drug-likeness (QED) is 0.505. The van der Waals surface area contributed by atoms with Crippen LogP contribution in [-0.2, 0) is 14.1 Å². The van der Waals surface area contributed by atoms with Crippen molar-refractivity contribution in [1.29, 1.82) is 0 Å². The predicted molar refractivity (Wildman–Crippen MR) is 118 cm³/mol. The van der Waals surface area contributed by atoms with Crippen LogP contribution in [0.25, 0.3) is 0 Å². The van der Waals surface area contributed by atoms with Gasteiger partial charge in [0.1, 0.15) is 5.88 Å². The molecule has 0 bridgehead atoms. The SMILES string of the molecule is CC1(C)OB(c2cnc(N(C[C@H]3CCCN(C(=O)CCl)C3)C3CC3)nc2)OC1(C)C. The number of hydrogen-bond donors (Lipinski definition) is 0. The second-order valence-electron chi connectivity index (χ2n) is 9.77. The molecule has 1 atom stereocenters. The Morgan fingerprint density at radius 1 is 1.20 bits per heavy atom. The molecule has 0 unspecified atom stereocenters. The van der Waals surface area contributed by atoms with Crippen molar-refractivity contribution < 1.29 is 14.1 Å². The minimum atomic E-state index is -0.452. The summed E-state index contributed by atoms with van der Waals surface area (Å²) in [5.41, 5.74) is 0.0673. The zero-order valence-corrected chi connectivity index (χ0v) is 19.2. The summed E-state index contributed by atoms with van der Waals surface area (Å²) in [6.45, 7) is 10.6. The molecule has 1 aliphatic carbocycles. The summed E-state index contributed by atoms with van der Waals surface area (Å²) in [6.07, 6.45) is 8.11. The Bertz CT molecular complexity index is 756. The standard InChI is InChI=1S/C21H32BClN4O3/c1-20(2)21(3,4)30-22(29-20)16-11-24-19(25-12-16)27(17-7-8-17)14-15-6-5-9-26(13-15)18(28)10-23/h11-12,15,17H,5-10,13-14H2,1-4H3/t15-/m0/s1. The maximum atomic E-state index is 12.0. The number of anilines is 1. The zero-order chi connectivity index (χ0) is 21.5. The maximum absolute atomic E-state index is 12.0. The van der Waals surface area contributed by atoms with Gasteiger partial charge in [0.2, 0.25) is 11.9 Å². The molecule has 2 aliphatic heterocycles. The smallest absolute Gasteiger partial charge is 0.399 e. The molecule has 0 radical (unpaired) electrons. The molecule has 3 aliphatic rings. The van der Waals surface area contributed by atoms with Crippen LogP contribution in [0, 0.1) is 5.92 Å². The van der Waals surface area contributed by atoms with Gasteiger partial charge in [-0.3, -0.25) is 4.79 Å². The first-order chi connectivity index (χ1) is 14.2. The highest BCUT2D eigenvalue weighted by molar-refractivity contribution is 6.61. The third-order valence-corrected chi connectivity index (χ3v) is 7.10. The van der Waals surface area contributed by atoms with Gasteiger partial charge in [-0.1, -0.05) is 0 Å². The summed E-state index contributed by atoms with van der Waals surface area (Å²) in [6, 6.07) is 0.492. The summed E-state index contributed by atoms with van der Waals surface area (Å²) in [4.78, 5) is 25.6. The number of hydrogen-bond acceptors (Lipinski definition) is 6. The van der Waals surface area contributed by atoms with Crippen molar-refractivity contribution in [1.82, 2.24) is 14.9 Å². The summed E-state index contributed by atoms with van der Waals surface area (Å²) in [5, 5.41) is 0. The van der Waals surface area contributed by atoms with Gasteiger partial charge in [-0.2, -0.15) is 0 Å². The zero-order valence-electron chi connectivity index (χ0n) is 18.4. The lowest BCUT2D eigenvalue weighted by Crippen LogP contribution is -2.45. The van der Waals surface area contributed by atoms with Gasteiger partial charge in [0.15, 0.2) is 0 Å². The Kier molecular flexibility index (Phi) is 6.03. The minimum absolute atomic E-state index is 0.0300. The number of aromatic nitrogens is 2. The van der Waals surface area contributed by atoms with Crippen molar-refractivity contribution in [2.24, 2.45) is 5.92 Å². The highest BCUT2D eigenvalue weighted by Gasteiger charge is 2.52. The van der Waals surface area contributed by atoms with Crippen molar-refractivity contribution in [2.45, 2.75) is 70.6 Å². The second kappa shape index (κ2) is 8.28. The molecule has 1 saturated carbocycles. The fraction of sp³-hybridized carbons (Fsp3) is 0.762. The summed E-state index contributed by atoms with van der Waals surface area (Å²) >= 11 is 5.76. The van der Waals surface area contributed by atoms with Gasteiger partial charge in [0.25, 0.3) is 0 Å². The molecule has 30 heavy (non-hydrogen) atoms. The predicted octanol–water partition coefficient (Wildman–Crippen LogP) is 2.22. The molecule has 0 aromatic carbocycles. The molecule has 164 valence electrons. The number of nitrogens with zero attached hydrogens (tertiary/aromatic N) is 4. The fourth-order valence-corrected chi connectivity index (χ4v) is 4.33. The largest absolute Gasteiger partial charge is 0.498 e. The van der Waals surface area contributed by atoms with Crippen LogP contribution in [-0.4, -0.2) is 70.7 Å². The average Bonchev–Trinajstić information content (AvgIpc) is 3.53. The molecule has 7 nitrogen and oxygen atoms in total. The Hall–Kier alpha value is -1.38. The molecule has 0 spiro atoms. The van der Waals surface area contributed by atoms with Crippen LogP contribution in [0.2, 0.25) is 0 Å². The molecular weight excluding hydrogens is 403 g/mol. The van der Waals surface area contributed by atoms with Crippen molar-refractivity contribution in [3.05, 3.63) is 12.4 Å². The lowest BCUT2D eigenvalue weighted by molar-refractivity contribution is -0.130. The fourth-order valence-electron chi connectivity index (χ4n) is 4.16. The summed E-state index contributed by atoms with van der Waals surface area (Å²) < 4.78 is 12.2. The number of likely N-dealkylation sites (tertiary alicyclic amines) is 1. The van der Waals surface area contributed by atoms with Gasteiger partial charge in [-0.05, 0) is 59.3 Å². The van der Waals surface area contributed by atoms with Gasteiger partial charge in [-0.15, -0.1) is 11.6 Å². The number of carbonyl (C=O) groups excluding carboxylic acids is 1. The van der Waals surface area contributed by atoms with E-state index in [0.717, 1.165) is 43.9 Å². The monoisotopic (exact) mass is 434 g/mol. The van der Waals surface area contributed by atoms with E-state index in [1.165, 1.54) is 12.8 Å². The van der Waals surface area contributed by atoms with Crippen LogP contribution < -0.4 is 10.4 Å². The molecule has 4 rings (SSSR count). The van der Waals surface area contributed by atoms with Crippen LogP contribution in [0.1, 0.15) is 53.4 Å². The topological polar surface area (TPSA) is 67.8 Å². The molecule has 1 aromatic rings. The van der Waals surface area contributed by atoms with Crippen LogP contribution in [0.5, 0.6) is 0 Å². The van der Waals surface area contributed by atoms with Crippen LogP contribution >= 0.6 is 11.6 Å². The first-order valence-corrected chi connectivity index (χ1v) is 11.5. The van der Waals surface area contributed by atoms with E-state index < -0.39 is 7.12 Å². The van der Waals surface area contributed by atoms with Crippen LogP contribution in [0.4, 0.5) is 5.95 Å². The first kappa shape index (κ1) is 21.8. The Balaban J connectivity index is 1.43. The van der Waals surface area contributed by atoms with Gasteiger partial charge in [-0.25, -0.2) is 9.97 Å². The summed E-state index contributed by atoms with van der Waals surface area (Å²) in [7, 11) is -0.452. The molecule has 1 amide bonds. The van der Waals surface area contributed by atoms with Gasteiger partial charge in [0.05, 0.1) is 11.2 Å². The van der Waals surface area contributed by atoms with E-state index in [1.807, 2.05) is 45.0 Å². The molecule has 2 saturated heterocycles. The average molecular weight is 435 g/mol. The second-order valence-corrected chi connectivity index (χ2v) is 10.0. The number of piperidine rings is 1. The van der Waals surface area contributed by atoms with E-state index in [1.54, 1.807) is 0 Å². The van der Waals surface area contributed by atoms with Crippen LogP contribution in [0.3, 0.4) is 0 Å². The minimum Gasteiger partial charge on any atom is -0.399 e. The van der Waals surface area contributed by atoms with E-state index in [4.69, 9.17) is 20.9 Å². The van der Waals surface area contributed by atoms with Crippen molar-refractivity contribution in [3.63, 3.8) is 0 Å². The number of carbonyl (C=O) groups is 1. The molecule has 3 fully saturated rings. The lowest BCUT2D eigenvalue weighted by atomic mass is 9.81. The Labute approximate surface area is 184 Å². The van der Waals surface area contributed by atoms with E-state index in [-0.39, 0.29) is 23.0 Å². The number of amides is 1. The molecule has 0 N–H and O–H groups in total. The Morgan fingerprint density at radius 3 is 2.40 bits per heavy atom. The van der Waals surface area contributed by atoms with E-state index in [2.05, 4.69) is 14.9 Å². The number of alkyl halides is 1. The van der Waals surface area contributed by atoms with E-state index in [0.29, 0.717) is 12.0 Å².